The lowest BCUT2D eigenvalue weighted by molar-refractivity contribution is 0.637. The Labute approximate surface area is 171 Å². The van der Waals surface area contributed by atoms with E-state index in [-0.39, 0.29) is 0 Å². The Morgan fingerprint density at radius 1 is 0.724 bits per heavy atom. The summed E-state index contributed by atoms with van der Waals surface area (Å²) in [4.78, 5) is 21.2. The van der Waals surface area contributed by atoms with E-state index in [9.17, 15) is 0 Å². The van der Waals surface area contributed by atoms with Crippen LogP contribution in [0.3, 0.4) is 0 Å². The predicted octanol–water partition coefficient (Wildman–Crippen LogP) is 3.07. The molecular formula is C23H26N6. The minimum Gasteiger partial charge on any atom is -0.353 e. The summed E-state index contributed by atoms with van der Waals surface area (Å²) < 4.78 is 0. The monoisotopic (exact) mass is 386 g/mol. The minimum atomic E-state index is 0.849. The van der Waals surface area contributed by atoms with E-state index in [1.807, 2.05) is 18.3 Å². The number of piperazine rings is 1. The van der Waals surface area contributed by atoms with Gasteiger partial charge in [0.15, 0.2) is 0 Å². The highest BCUT2D eigenvalue weighted by atomic mass is 15.3. The van der Waals surface area contributed by atoms with Gasteiger partial charge in [0.1, 0.15) is 11.6 Å². The molecule has 4 heterocycles. The zero-order chi connectivity index (χ0) is 19.6. The maximum atomic E-state index is 4.96. The topological polar surface area (TPSA) is 48.4 Å². The van der Waals surface area contributed by atoms with Crippen LogP contribution in [0.4, 0.5) is 17.6 Å². The summed E-state index contributed by atoms with van der Waals surface area (Å²) in [6.45, 7) is 7.69. The molecule has 1 saturated heterocycles. The van der Waals surface area contributed by atoms with E-state index in [1.165, 1.54) is 11.1 Å². The number of anilines is 3. The average molecular weight is 387 g/mol. The van der Waals surface area contributed by atoms with Crippen LogP contribution < -0.4 is 14.7 Å². The molecule has 6 heteroatoms. The fraction of sp³-hybridized carbons (Fsp3) is 0.348. The van der Waals surface area contributed by atoms with Crippen LogP contribution in [0.15, 0.2) is 54.7 Å². The van der Waals surface area contributed by atoms with Gasteiger partial charge in [0, 0.05) is 57.2 Å². The summed E-state index contributed by atoms with van der Waals surface area (Å²) in [6.07, 6.45) is 2.91. The van der Waals surface area contributed by atoms with Crippen molar-refractivity contribution in [2.24, 2.45) is 0 Å². The van der Waals surface area contributed by atoms with Crippen LogP contribution in [0, 0.1) is 6.92 Å². The smallest absolute Gasteiger partial charge is 0.227 e. The molecule has 2 aliphatic rings. The van der Waals surface area contributed by atoms with Gasteiger partial charge in [-0.25, -0.2) is 9.97 Å². The molecule has 0 bridgehead atoms. The number of hydrogen-bond acceptors (Lipinski definition) is 6. The van der Waals surface area contributed by atoms with Gasteiger partial charge >= 0.3 is 0 Å². The van der Waals surface area contributed by atoms with E-state index >= 15 is 0 Å². The summed E-state index contributed by atoms with van der Waals surface area (Å²) in [5.41, 5.74) is 3.85. The van der Waals surface area contributed by atoms with Gasteiger partial charge in [-0.15, -0.1) is 0 Å². The minimum absolute atomic E-state index is 0.849. The molecule has 2 aliphatic heterocycles. The van der Waals surface area contributed by atoms with Crippen molar-refractivity contribution in [3.05, 3.63) is 71.5 Å². The third kappa shape index (κ3) is 3.75. The van der Waals surface area contributed by atoms with Gasteiger partial charge in [-0.3, -0.25) is 0 Å². The number of pyridine rings is 1. The van der Waals surface area contributed by atoms with E-state index < -0.39 is 0 Å². The zero-order valence-corrected chi connectivity index (χ0v) is 16.8. The third-order valence-electron chi connectivity index (χ3n) is 5.82. The first-order chi connectivity index (χ1) is 14.3. The third-order valence-corrected chi connectivity index (χ3v) is 5.82. The fourth-order valence-corrected chi connectivity index (χ4v) is 4.21. The van der Waals surface area contributed by atoms with Crippen molar-refractivity contribution in [2.75, 3.05) is 47.4 Å². The van der Waals surface area contributed by atoms with Gasteiger partial charge in [-0.2, -0.15) is 4.98 Å². The van der Waals surface area contributed by atoms with Crippen molar-refractivity contribution < 1.29 is 0 Å². The molecule has 0 atom stereocenters. The molecular weight excluding hydrogens is 360 g/mol. The Hall–Kier alpha value is -3.15. The van der Waals surface area contributed by atoms with Crippen LogP contribution in [0.25, 0.3) is 0 Å². The summed E-state index contributed by atoms with van der Waals surface area (Å²) in [6, 6.07) is 16.9. The van der Waals surface area contributed by atoms with Crippen molar-refractivity contribution in [3.8, 4) is 0 Å². The van der Waals surface area contributed by atoms with Gasteiger partial charge in [0.2, 0.25) is 5.95 Å². The fourth-order valence-electron chi connectivity index (χ4n) is 4.21. The van der Waals surface area contributed by atoms with Gasteiger partial charge in [-0.05, 0) is 36.6 Å². The Morgan fingerprint density at radius 2 is 1.45 bits per heavy atom. The van der Waals surface area contributed by atoms with Crippen LogP contribution in [0.1, 0.15) is 16.8 Å². The normalized spacial score (nSPS) is 16.7. The molecule has 1 fully saturated rings. The predicted molar refractivity (Wildman–Crippen MR) is 117 cm³/mol. The van der Waals surface area contributed by atoms with E-state index in [0.29, 0.717) is 0 Å². The first-order valence-corrected chi connectivity index (χ1v) is 10.3. The molecule has 1 aromatic carbocycles. The molecule has 6 nitrogen and oxygen atoms in total. The Balaban J connectivity index is 1.32. The summed E-state index contributed by atoms with van der Waals surface area (Å²) in [5.74, 6) is 2.94. The number of rotatable bonds is 3. The highest BCUT2D eigenvalue weighted by Gasteiger charge is 2.22. The summed E-state index contributed by atoms with van der Waals surface area (Å²) in [7, 11) is 0. The highest BCUT2D eigenvalue weighted by Crippen LogP contribution is 2.25. The molecule has 0 amide bonds. The van der Waals surface area contributed by atoms with E-state index in [0.717, 1.165) is 69.0 Å². The first kappa shape index (κ1) is 17.9. The van der Waals surface area contributed by atoms with Crippen molar-refractivity contribution in [1.82, 2.24) is 15.0 Å². The molecule has 0 spiro atoms. The molecule has 0 N–H and O–H groups in total. The van der Waals surface area contributed by atoms with E-state index in [1.54, 1.807) is 0 Å². The molecule has 29 heavy (non-hydrogen) atoms. The molecule has 2 aromatic heterocycles. The van der Waals surface area contributed by atoms with E-state index in [2.05, 4.69) is 63.0 Å². The van der Waals surface area contributed by atoms with Crippen molar-refractivity contribution in [1.29, 1.82) is 0 Å². The van der Waals surface area contributed by atoms with Crippen molar-refractivity contribution in [2.45, 2.75) is 19.9 Å². The van der Waals surface area contributed by atoms with Gasteiger partial charge < -0.3 is 14.7 Å². The number of nitrogens with zero attached hydrogens (tertiary/aromatic N) is 6. The Kier molecular flexibility index (Phi) is 4.76. The second-order valence-electron chi connectivity index (χ2n) is 7.77. The standard InChI is InChI=1S/C23H26N6/c1-18-16-22(28-14-12-27(13-15-28)21-8-4-5-10-24-21)26-23(25-18)29-11-9-19-6-2-3-7-20(19)17-29/h2-8,10,16H,9,11-15,17H2,1H3. The van der Waals surface area contributed by atoms with Crippen molar-refractivity contribution >= 4 is 17.6 Å². The van der Waals surface area contributed by atoms with Crippen LogP contribution in [0.2, 0.25) is 0 Å². The van der Waals surface area contributed by atoms with Crippen LogP contribution in [-0.2, 0) is 13.0 Å². The van der Waals surface area contributed by atoms with Gasteiger partial charge in [0.05, 0.1) is 0 Å². The largest absolute Gasteiger partial charge is 0.353 e. The number of benzene rings is 1. The SMILES string of the molecule is Cc1cc(N2CCN(c3ccccn3)CC2)nc(N2CCc3ccccc3C2)n1. The molecule has 148 valence electrons. The molecule has 0 unspecified atom stereocenters. The lowest BCUT2D eigenvalue weighted by Crippen LogP contribution is -2.47. The van der Waals surface area contributed by atoms with Crippen LogP contribution in [-0.4, -0.2) is 47.7 Å². The maximum Gasteiger partial charge on any atom is 0.227 e. The van der Waals surface area contributed by atoms with Gasteiger partial charge in [-0.1, -0.05) is 30.3 Å². The summed E-state index contributed by atoms with van der Waals surface area (Å²) >= 11 is 0. The van der Waals surface area contributed by atoms with Crippen LogP contribution >= 0.6 is 0 Å². The number of fused-ring (bicyclic) bond motifs is 1. The lowest BCUT2D eigenvalue weighted by atomic mass is 10.0. The molecule has 5 rings (SSSR count). The lowest BCUT2D eigenvalue weighted by Gasteiger charge is -2.36. The molecule has 0 saturated carbocycles. The van der Waals surface area contributed by atoms with Gasteiger partial charge in [0.25, 0.3) is 0 Å². The Bertz CT molecular complexity index is 982. The number of hydrogen-bond donors (Lipinski definition) is 0. The molecule has 0 radical (unpaired) electrons. The second kappa shape index (κ2) is 7.70. The first-order valence-electron chi connectivity index (χ1n) is 10.3. The average Bonchev–Trinajstić information content (AvgIpc) is 2.79. The number of aromatic nitrogens is 3. The quantitative estimate of drug-likeness (QED) is 0.690. The molecule has 3 aromatic rings. The zero-order valence-electron chi connectivity index (χ0n) is 16.8. The maximum absolute atomic E-state index is 4.96. The van der Waals surface area contributed by atoms with Crippen LogP contribution in [0.5, 0.6) is 0 Å². The highest BCUT2D eigenvalue weighted by molar-refractivity contribution is 5.50. The second-order valence-corrected chi connectivity index (χ2v) is 7.77. The Morgan fingerprint density at radius 3 is 2.21 bits per heavy atom. The number of aryl methyl sites for hydroxylation is 1. The summed E-state index contributed by atoms with van der Waals surface area (Å²) in [5, 5.41) is 0. The molecule has 0 aliphatic carbocycles. The van der Waals surface area contributed by atoms with Crippen molar-refractivity contribution in [3.63, 3.8) is 0 Å². The van der Waals surface area contributed by atoms with E-state index in [4.69, 9.17) is 9.97 Å².